The third-order valence-electron chi connectivity index (χ3n) is 5.03. The van der Waals surface area contributed by atoms with Crippen LogP contribution in [0.15, 0.2) is 12.2 Å². The summed E-state index contributed by atoms with van der Waals surface area (Å²) in [5, 5.41) is 0. The minimum absolute atomic E-state index is 0.358. The Labute approximate surface area is 91.6 Å². The second kappa shape index (κ2) is 2.86. The summed E-state index contributed by atoms with van der Waals surface area (Å²) in [6.07, 6.45) is 7.19. The summed E-state index contributed by atoms with van der Waals surface area (Å²) >= 11 is 0. The lowest BCUT2D eigenvalue weighted by Crippen LogP contribution is -2.50. The summed E-state index contributed by atoms with van der Waals surface area (Å²) in [7, 11) is 1.76. The van der Waals surface area contributed by atoms with Crippen LogP contribution in [-0.2, 0) is 9.47 Å². The number of fused-ring (bicyclic) bond motifs is 5. The maximum atomic E-state index is 5.89. The van der Waals surface area contributed by atoms with Crippen molar-refractivity contribution in [2.45, 2.75) is 32.5 Å². The van der Waals surface area contributed by atoms with E-state index < -0.39 is 0 Å². The van der Waals surface area contributed by atoms with E-state index in [0.29, 0.717) is 5.41 Å². The molecule has 2 fully saturated rings. The van der Waals surface area contributed by atoms with Crippen LogP contribution < -0.4 is 0 Å². The van der Waals surface area contributed by atoms with Crippen molar-refractivity contribution in [3.8, 4) is 0 Å². The van der Waals surface area contributed by atoms with Crippen LogP contribution >= 0.6 is 0 Å². The monoisotopic (exact) mass is 208 g/mol. The van der Waals surface area contributed by atoms with Gasteiger partial charge in [0.05, 0.1) is 6.61 Å². The fraction of sp³-hybridized carbons (Fsp3) is 0.846. The summed E-state index contributed by atoms with van der Waals surface area (Å²) in [6, 6.07) is 0. The molecule has 1 aliphatic heterocycles. The molecule has 0 aromatic carbocycles. The van der Waals surface area contributed by atoms with Crippen LogP contribution in [0.5, 0.6) is 0 Å². The lowest BCUT2D eigenvalue weighted by molar-refractivity contribution is -0.271. The molecule has 3 rings (SSSR count). The van der Waals surface area contributed by atoms with Crippen molar-refractivity contribution in [1.82, 2.24) is 0 Å². The summed E-state index contributed by atoms with van der Waals surface area (Å²) in [5.41, 5.74) is 0.405. The molecule has 0 aromatic rings. The Bertz CT molecular complexity index is 312. The van der Waals surface area contributed by atoms with Gasteiger partial charge in [0, 0.05) is 13.5 Å². The van der Waals surface area contributed by atoms with E-state index in [1.54, 1.807) is 7.11 Å². The van der Waals surface area contributed by atoms with Gasteiger partial charge in [0.15, 0.2) is 5.79 Å². The van der Waals surface area contributed by atoms with Gasteiger partial charge < -0.3 is 9.47 Å². The molecule has 0 radical (unpaired) electrons. The Morgan fingerprint density at radius 1 is 1.33 bits per heavy atom. The SMILES string of the molecule is COC1(C)CC2(C)C3C=CC(C3)C2CO1. The molecule has 0 aromatic heterocycles. The molecule has 5 unspecified atom stereocenters. The predicted molar refractivity (Wildman–Crippen MR) is 58.3 cm³/mol. The topological polar surface area (TPSA) is 18.5 Å². The number of ether oxygens (including phenoxy) is 2. The molecule has 1 heterocycles. The number of methoxy groups -OCH3 is 1. The molecule has 2 bridgehead atoms. The van der Waals surface area contributed by atoms with Gasteiger partial charge in [-0.25, -0.2) is 0 Å². The average Bonchev–Trinajstić information content (AvgIpc) is 2.75. The average molecular weight is 208 g/mol. The first-order valence-electron chi connectivity index (χ1n) is 5.95. The molecule has 0 N–H and O–H groups in total. The second-order valence-electron chi connectivity index (χ2n) is 5.83. The first-order valence-corrected chi connectivity index (χ1v) is 5.95. The fourth-order valence-electron chi connectivity index (χ4n) is 3.99. The van der Waals surface area contributed by atoms with Gasteiger partial charge in [-0.1, -0.05) is 19.1 Å². The van der Waals surface area contributed by atoms with Gasteiger partial charge in [-0.05, 0) is 36.5 Å². The molecular weight excluding hydrogens is 188 g/mol. The molecule has 0 spiro atoms. The van der Waals surface area contributed by atoms with E-state index in [4.69, 9.17) is 9.47 Å². The standard InChI is InChI=1S/C13H20O2/c1-12-8-13(2,14-3)15-7-11(12)9-4-5-10(12)6-9/h4-5,9-11H,6-8H2,1-3H3. The van der Waals surface area contributed by atoms with Crippen LogP contribution in [0.4, 0.5) is 0 Å². The minimum Gasteiger partial charge on any atom is -0.353 e. The van der Waals surface area contributed by atoms with Crippen LogP contribution in [0.3, 0.4) is 0 Å². The van der Waals surface area contributed by atoms with Crippen molar-refractivity contribution in [2.24, 2.45) is 23.2 Å². The Hall–Kier alpha value is -0.340. The first-order chi connectivity index (χ1) is 7.07. The first kappa shape index (κ1) is 9.86. The molecule has 2 heteroatoms. The summed E-state index contributed by atoms with van der Waals surface area (Å²) in [6.45, 7) is 5.36. The van der Waals surface area contributed by atoms with Crippen LogP contribution in [0, 0.1) is 23.2 Å². The highest BCUT2D eigenvalue weighted by molar-refractivity contribution is 5.19. The van der Waals surface area contributed by atoms with Crippen molar-refractivity contribution in [3.05, 3.63) is 12.2 Å². The molecule has 1 saturated carbocycles. The molecule has 15 heavy (non-hydrogen) atoms. The van der Waals surface area contributed by atoms with Crippen LogP contribution in [-0.4, -0.2) is 19.5 Å². The van der Waals surface area contributed by atoms with E-state index in [2.05, 4.69) is 26.0 Å². The van der Waals surface area contributed by atoms with E-state index in [1.807, 2.05) is 0 Å². The van der Waals surface area contributed by atoms with Gasteiger partial charge >= 0.3 is 0 Å². The minimum atomic E-state index is -0.358. The molecule has 2 aliphatic carbocycles. The van der Waals surface area contributed by atoms with Crippen LogP contribution in [0.25, 0.3) is 0 Å². The Morgan fingerprint density at radius 3 is 2.87 bits per heavy atom. The molecule has 3 aliphatic rings. The highest BCUT2D eigenvalue weighted by atomic mass is 16.7. The maximum absolute atomic E-state index is 5.89. The molecule has 84 valence electrons. The Morgan fingerprint density at radius 2 is 2.13 bits per heavy atom. The zero-order chi connectivity index (χ0) is 10.7. The number of hydrogen-bond acceptors (Lipinski definition) is 2. The molecule has 1 saturated heterocycles. The molecular formula is C13H20O2. The van der Waals surface area contributed by atoms with E-state index >= 15 is 0 Å². The number of rotatable bonds is 1. The lowest BCUT2D eigenvalue weighted by atomic mass is 9.65. The highest BCUT2D eigenvalue weighted by Gasteiger charge is 2.58. The van der Waals surface area contributed by atoms with Crippen LogP contribution in [0.2, 0.25) is 0 Å². The van der Waals surface area contributed by atoms with E-state index in [9.17, 15) is 0 Å². The van der Waals surface area contributed by atoms with Gasteiger partial charge in [0.1, 0.15) is 0 Å². The van der Waals surface area contributed by atoms with Crippen molar-refractivity contribution in [3.63, 3.8) is 0 Å². The van der Waals surface area contributed by atoms with Gasteiger partial charge in [0.25, 0.3) is 0 Å². The molecule has 2 nitrogen and oxygen atoms in total. The maximum Gasteiger partial charge on any atom is 0.165 e. The van der Waals surface area contributed by atoms with Crippen LogP contribution in [0.1, 0.15) is 26.7 Å². The van der Waals surface area contributed by atoms with Crippen molar-refractivity contribution >= 4 is 0 Å². The zero-order valence-electron chi connectivity index (χ0n) is 9.82. The van der Waals surface area contributed by atoms with Crippen molar-refractivity contribution < 1.29 is 9.47 Å². The normalized spacial score (nSPS) is 57.1. The van der Waals surface area contributed by atoms with Gasteiger partial charge in [-0.2, -0.15) is 0 Å². The van der Waals surface area contributed by atoms with E-state index in [-0.39, 0.29) is 5.79 Å². The van der Waals surface area contributed by atoms with Gasteiger partial charge in [0.2, 0.25) is 0 Å². The van der Waals surface area contributed by atoms with E-state index in [0.717, 1.165) is 30.8 Å². The zero-order valence-corrected chi connectivity index (χ0v) is 9.82. The third-order valence-corrected chi connectivity index (χ3v) is 5.03. The predicted octanol–water partition coefficient (Wildman–Crippen LogP) is 2.60. The van der Waals surface area contributed by atoms with Gasteiger partial charge in [-0.15, -0.1) is 0 Å². The summed E-state index contributed by atoms with van der Waals surface area (Å²) in [4.78, 5) is 0. The third kappa shape index (κ3) is 1.18. The quantitative estimate of drug-likeness (QED) is 0.617. The van der Waals surface area contributed by atoms with Crippen molar-refractivity contribution in [2.75, 3.05) is 13.7 Å². The Balaban J connectivity index is 1.92. The van der Waals surface area contributed by atoms with E-state index in [1.165, 1.54) is 6.42 Å². The lowest BCUT2D eigenvalue weighted by Gasteiger charge is -2.49. The smallest absolute Gasteiger partial charge is 0.165 e. The highest BCUT2D eigenvalue weighted by Crippen LogP contribution is 2.61. The number of hydrogen-bond donors (Lipinski definition) is 0. The largest absolute Gasteiger partial charge is 0.353 e. The second-order valence-corrected chi connectivity index (χ2v) is 5.83. The van der Waals surface area contributed by atoms with Crippen molar-refractivity contribution in [1.29, 1.82) is 0 Å². The Kier molecular flexibility index (Phi) is 1.88. The van der Waals surface area contributed by atoms with Gasteiger partial charge in [-0.3, -0.25) is 0 Å². The molecule has 0 amide bonds. The number of allylic oxidation sites excluding steroid dienone is 2. The summed E-state index contributed by atoms with van der Waals surface area (Å²) < 4.78 is 11.4. The summed E-state index contributed by atoms with van der Waals surface area (Å²) in [5.74, 6) is 1.88. The molecule has 5 atom stereocenters. The fourth-order valence-corrected chi connectivity index (χ4v) is 3.99.